The van der Waals surface area contributed by atoms with Gasteiger partial charge in [-0.1, -0.05) is 36.4 Å². The first-order valence-electron chi connectivity index (χ1n) is 8.02. The number of hydrogen-bond acceptors (Lipinski definition) is 2. The lowest BCUT2D eigenvalue weighted by Gasteiger charge is -2.14. The Morgan fingerprint density at radius 1 is 1.00 bits per heavy atom. The van der Waals surface area contributed by atoms with Gasteiger partial charge in [0.25, 0.3) is 0 Å². The summed E-state index contributed by atoms with van der Waals surface area (Å²) in [6.45, 7) is 3.94. The van der Waals surface area contributed by atoms with Gasteiger partial charge in [0, 0.05) is 5.69 Å². The highest BCUT2D eigenvalue weighted by molar-refractivity contribution is 5.96. The second kappa shape index (κ2) is 6.75. The van der Waals surface area contributed by atoms with Crippen molar-refractivity contribution in [2.45, 2.75) is 19.8 Å². The first-order chi connectivity index (χ1) is 11.6. The molecule has 0 aliphatic carbocycles. The molecule has 0 radical (unpaired) electrons. The summed E-state index contributed by atoms with van der Waals surface area (Å²) in [6, 6.07) is 19.9. The van der Waals surface area contributed by atoms with E-state index >= 15 is 0 Å². The number of nitrogens with one attached hydrogen (secondary N) is 1. The van der Waals surface area contributed by atoms with E-state index in [0.717, 1.165) is 33.3 Å². The first kappa shape index (κ1) is 16.1. The molecule has 0 unspecified atom stereocenters. The molecule has 1 N–H and O–H groups in total. The predicted molar refractivity (Wildman–Crippen MR) is 98.7 cm³/mol. The van der Waals surface area contributed by atoms with Crippen molar-refractivity contribution in [2.75, 3.05) is 12.4 Å². The van der Waals surface area contributed by atoms with Gasteiger partial charge in [-0.05, 0) is 60.0 Å². The summed E-state index contributed by atoms with van der Waals surface area (Å²) in [4.78, 5) is 12.5. The highest BCUT2D eigenvalue weighted by Crippen LogP contribution is 2.26. The van der Waals surface area contributed by atoms with Crippen LogP contribution in [0.15, 0.2) is 60.7 Å². The maximum absolute atomic E-state index is 12.5. The Labute approximate surface area is 142 Å². The summed E-state index contributed by atoms with van der Waals surface area (Å²) in [7, 11) is 1.66. The molecule has 122 valence electrons. The van der Waals surface area contributed by atoms with Crippen LogP contribution in [0.5, 0.6) is 5.75 Å². The fourth-order valence-corrected chi connectivity index (χ4v) is 2.76. The Morgan fingerprint density at radius 2 is 1.75 bits per heavy atom. The van der Waals surface area contributed by atoms with Crippen molar-refractivity contribution >= 4 is 22.4 Å². The van der Waals surface area contributed by atoms with Crippen molar-refractivity contribution in [3.63, 3.8) is 0 Å². The van der Waals surface area contributed by atoms with Crippen molar-refractivity contribution in [2.24, 2.45) is 0 Å². The van der Waals surface area contributed by atoms with Crippen molar-refractivity contribution < 1.29 is 9.53 Å². The average molecular weight is 319 g/mol. The monoisotopic (exact) mass is 319 g/mol. The lowest BCUT2D eigenvalue weighted by Crippen LogP contribution is -2.18. The summed E-state index contributed by atoms with van der Waals surface area (Å²) < 4.78 is 5.25. The van der Waals surface area contributed by atoms with Crippen LogP contribution in [0.25, 0.3) is 10.8 Å². The van der Waals surface area contributed by atoms with Gasteiger partial charge in [-0.15, -0.1) is 0 Å². The largest absolute Gasteiger partial charge is 0.497 e. The smallest absolute Gasteiger partial charge is 0.231 e. The summed E-state index contributed by atoms with van der Waals surface area (Å²) in [5.74, 6) is 0.603. The van der Waals surface area contributed by atoms with E-state index in [4.69, 9.17) is 4.74 Å². The van der Waals surface area contributed by atoms with Gasteiger partial charge in [0.15, 0.2) is 0 Å². The van der Waals surface area contributed by atoms with E-state index in [1.807, 2.05) is 68.4 Å². The lowest BCUT2D eigenvalue weighted by molar-refractivity contribution is -0.117. The van der Waals surface area contributed by atoms with Crippen LogP contribution in [0.2, 0.25) is 0 Å². The summed E-state index contributed by atoms with van der Waals surface area (Å²) in [5.41, 5.74) is 2.95. The molecule has 3 nitrogen and oxygen atoms in total. The topological polar surface area (TPSA) is 38.3 Å². The molecule has 1 amide bonds. The van der Waals surface area contributed by atoms with Crippen molar-refractivity contribution in [1.29, 1.82) is 0 Å². The summed E-state index contributed by atoms with van der Waals surface area (Å²) in [6.07, 6.45) is 0. The van der Waals surface area contributed by atoms with Crippen molar-refractivity contribution in [1.82, 2.24) is 0 Å². The zero-order chi connectivity index (χ0) is 17.1. The maximum atomic E-state index is 12.5. The third-order valence-electron chi connectivity index (χ3n) is 4.25. The Morgan fingerprint density at radius 3 is 2.50 bits per heavy atom. The number of benzene rings is 3. The quantitative estimate of drug-likeness (QED) is 0.743. The van der Waals surface area contributed by atoms with E-state index in [0.29, 0.717) is 0 Å². The molecule has 0 fully saturated rings. The van der Waals surface area contributed by atoms with Gasteiger partial charge in [0.1, 0.15) is 5.75 Å². The van der Waals surface area contributed by atoms with Crippen LogP contribution in [-0.4, -0.2) is 13.0 Å². The maximum Gasteiger partial charge on any atom is 0.231 e. The summed E-state index contributed by atoms with van der Waals surface area (Å²) >= 11 is 0. The minimum Gasteiger partial charge on any atom is -0.497 e. The zero-order valence-corrected chi connectivity index (χ0v) is 14.2. The molecule has 3 heteroatoms. The fraction of sp³-hybridized carbons (Fsp3) is 0.190. The van der Waals surface area contributed by atoms with E-state index in [1.165, 1.54) is 0 Å². The number of aryl methyl sites for hydroxylation is 1. The van der Waals surface area contributed by atoms with Gasteiger partial charge in [-0.25, -0.2) is 0 Å². The number of carbonyl (C=O) groups is 1. The molecule has 0 saturated heterocycles. The van der Waals surface area contributed by atoms with E-state index < -0.39 is 0 Å². The molecule has 0 bridgehead atoms. The molecule has 3 rings (SSSR count). The minimum absolute atomic E-state index is 0.00605. The molecular weight excluding hydrogens is 298 g/mol. The number of fused-ring (bicyclic) bond motifs is 1. The number of carbonyl (C=O) groups excluding carboxylic acids is 1. The zero-order valence-electron chi connectivity index (χ0n) is 14.2. The van der Waals surface area contributed by atoms with Crippen molar-refractivity contribution in [3.05, 3.63) is 71.8 Å². The Bertz CT molecular complexity index is 886. The van der Waals surface area contributed by atoms with Gasteiger partial charge in [0.05, 0.1) is 13.0 Å². The van der Waals surface area contributed by atoms with Crippen LogP contribution in [0.1, 0.15) is 24.0 Å². The first-order valence-corrected chi connectivity index (χ1v) is 8.02. The van der Waals surface area contributed by atoms with Gasteiger partial charge >= 0.3 is 0 Å². The second-order valence-electron chi connectivity index (χ2n) is 6.05. The molecule has 3 aromatic rings. The van der Waals surface area contributed by atoms with Gasteiger partial charge in [-0.3, -0.25) is 4.79 Å². The Balaban J connectivity index is 1.82. The van der Waals surface area contributed by atoms with Gasteiger partial charge in [-0.2, -0.15) is 0 Å². The molecule has 24 heavy (non-hydrogen) atoms. The lowest BCUT2D eigenvalue weighted by atomic mass is 9.97. The third kappa shape index (κ3) is 3.40. The molecule has 1 atom stereocenters. The van der Waals surface area contributed by atoms with E-state index in [2.05, 4.69) is 11.4 Å². The minimum atomic E-state index is -0.225. The Kier molecular flexibility index (Phi) is 4.52. The number of methoxy groups -OCH3 is 1. The van der Waals surface area contributed by atoms with Crippen LogP contribution in [-0.2, 0) is 4.79 Å². The number of ether oxygens (including phenoxy) is 1. The van der Waals surface area contributed by atoms with Crippen LogP contribution in [0, 0.1) is 6.92 Å². The number of anilines is 1. The van der Waals surface area contributed by atoms with Gasteiger partial charge in [0.2, 0.25) is 5.91 Å². The molecular formula is C21H21NO2. The van der Waals surface area contributed by atoms with E-state index in [-0.39, 0.29) is 11.8 Å². The molecule has 0 spiro atoms. The number of hydrogen-bond donors (Lipinski definition) is 1. The molecule has 0 aliphatic heterocycles. The van der Waals surface area contributed by atoms with Crippen LogP contribution >= 0.6 is 0 Å². The van der Waals surface area contributed by atoms with Crippen molar-refractivity contribution in [3.8, 4) is 5.75 Å². The van der Waals surface area contributed by atoms with Crippen LogP contribution in [0.3, 0.4) is 0 Å². The molecule has 0 aliphatic rings. The van der Waals surface area contributed by atoms with E-state index in [1.54, 1.807) is 7.11 Å². The number of amides is 1. The fourth-order valence-electron chi connectivity index (χ4n) is 2.76. The van der Waals surface area contributed by atoms with Gasteiger partial charge < -0.3 is 10.1 Å². The van der Waals surface area contributed by atoms with E-state index in [9.17, 15) is 4.79 Å². The molecule has 0 saturated carbocycles. The predicted octanol–water partition coefficient (Wildman–Crippen LogP) is 4.90. The highest BCUT2D eigenvalue weighted by atomic mass is 16.5. The average Bonchev–Trinajstić information content (AvgIpc) is 2.60. The second-order valence-corrected chi connectivity index (χ2v) is 6.05. The van der Waals surface area contributed by atoms with Crippen LogP contribution in [0.4, 0.5) is 5.69 Å². The standard InChI is InChI=1S/C21H21NO2/c1-14-5-4-6-19(11-14)22-21(23)15(2)16-7-8-18-13-20(24-3)10-9-17(18)12-16/h4-13,15H,1-3H3,(H,22,23)/t15-/m0/s1. The summed E-state index contributed by atoms with van der Waals surface area (Å²) in [5, 5.41) is 5.19. The molecule has 0 aromatic heterocycles. The number of rotatable bonds is 4. The highest BCUT2D eigenvalue weighted by Gasteiger charge is 2.16. The molecule has 3 aromatic carbocycles. The molecule has 0 heterocycles. The SMILES string of the molecule is COc1ccc2cc([C@H](C)C(=O)Nc3cccc(C)c3)ccc2c1. The third-order valence-corrected chi connectivity index (χ3v) is 4.25. The Hall–Kier alpha value is -2.81. The normalized spacial score (nSPS) is 12.0. The van der Waals surface area contributed by atoms with Crippen LogP contribution < -0.4 is 10.1 Å².